The van der Waals surface area contributed by atoms with Gasteiger partial charge in [0.25, 0.3) is 0 Å². The van der Waals surface area contributed by atoms with E-state index in [1.165, 1.54) is 0 Å². The second-order valence-corrected chi connectivity index (χ2v) is 4.50. The van der Waals surface area contributed by atoms with Crippen LogP contribution in [0.15, 0.2) is 18.2 Å². The Hall–Kier alpha value is -1.02. The molecule has 0 aliphatic carbocycles. The number of carbonyl (C=O) groups excluding carboxylic acids is 1. The van der Waals surface area contributed by atoms with E-state index in [2.05, 4.69) is 0 Å². The van der Waals surface area contributed by atoms with Gasteiger partial charge in [-0.05, 0) is 31.0 Å². The van der Waals surface area contributed by atoms with Gasteiger partial charge in [0.05, 0.1) is 11.6 Å². The Labute approximate surface area is 102 Å². The van der Waals surface area contributed by atoms with Gasteiger partial charge in [-0.1, -0.05) is 25.4 Å². The Morgan fingerprint density at radius 3 is 2.69 bits per heavy atom. The maximum absolute atomic E-state index is 11.9. The minimum Gasteiger partial charge on any atom is -0.494 e. The summed E-state index contributed by atoms with van der Waals surface area (Å²) in [4.78, 5) is 11.9. The van der Waals surface area contributed by atoms with E-state index in [9.17, 15) is 4.79 Å². The highest BCUT2D eigenvalue weighted by atomic mass is 35.5. The van der Waals surface area contributed by atoms with Crippen molar-refractivity contribution in [2.45, 2.75) is 27.2 Å². The predicted molar refractivity (Wildman–Crippen MR) is 66.4 cm³/mol. The Morgan fingerprint density at radius 2 is 2.12 bits per heavy atom. The van der Waals surface area contributed by atoms with Crippen molar-refractivity contribution in [2.75, 3.05) is 6.61 Å². The molecule has 0 aliphatic heterocycles. The van der Waals surface area contributed by atoms with E-state index in [4.69, 9.17) is 16.3 Å². The summed E-state index contributed by atoms with van der Waals surface area (Å²) in [5.74, 6) is 1.10. The van der Waals surface area contributed by atoms with Crippen LogP contribution in [0.5, 0.6) is 5.75 Å². The van der Waals surface area contributed by atoms with Gasteiger partial charge in [0, 0.05) is 12.0 Å². The second-order valence-electron chi connectivity index (χ2n) is 4.10. The van der Waals surface area contributed by atoms with Crippen molar-refractivity contribution in [3.8, 4) is 5.75 Å². The lowest BCUT2D eigenvalue weighted by atomic mass is 10.0. The van der Waals surface area contributed by atoms with Crippen LogP contribution >= 0.6 is 11.6 Å². The molecule has 0 saturated heterocycles. The summed E-state index contributed by atoms with van der Waals surface area (Å²) in [6.45, 7) is 6.51. The van der Waals surface area contributed by atoms with Gasteiger partial charge in [0.1, 0.15) is 5.75 Å². The molecule has 3 heteroatoms. The Kier molecular flexibility index (Phi) is 4.81. The number of rotatable bonds is 5. The molecule has 0 atom stereocenters. The summed E-state index contributed by atoms with van der Waals surface area (Å²) in [5.41, 5.74) is 0.557. The van der Waals surface area contributed by atoms with Crippen LogP contribution in [0.3, 0.4) is 0 Å². The fraction of sp³-hybridized carbons (Fsp3) is 0.462. The zero-order valence-electron chi connectivity index (χ0n) is 9.92. The van der Waals surface area contributed by atoms with E-state index in [-0.39, 0.29) is 5.78 Å². The number of ether oxygens (including phenoxy) is 1. The Morgan fingerprint density at radius 1 is 1.44 bits per heavy atom. The van der Waals surface area contributed by atoms with Crippen molar-refractivity contribution in [1.82, 2.24) is 0 Å². The van der Waals surface area contributed by atoms with Gasteiger partial charge in [0.2, 0.25) is 0 Å². The summed E-state index contributed by atoms with van der Waals surface area (Å²) < 4.78 is 5.35. The van der Waals surface area contributed by atoms with Gasteiger partial charge in [0.15, 0.2) is 5.78 Å². The molecule has 0 bridgehead atoms. The molecule has 0 spiro atoms. The van der Waals surface area contributed by atoms with Crippen molar-refractivity contribution >= 4 is 17.4 Å². The summed E-state index contributed by atoms with van der Waals surface area (Å²) >= 11 is 6.00. The molecule has 1 aromatic rings. The van der Waals surface area contributed by atoms with Crippen LogP contribution in [-0.4, -0.2) is 12.4 Å². The van der Waals surface area contributed by atoms with E-state index in [1.807, 2.05) is 20.8 Å². The number of benzene rings is 1. The van der Waals surface area contributed by atoms with Crippen molar-refractivity contribution < 1.29 is 9.53 Å². The van der Waals surface area contributed by atoms with Gasteiger partial charge < -0.3 is 4.74 Å². The molecule has 0 amide bonds. The summed E-state index contributed by atoms with van der Waals surface area (Å²) in [6, 6.07) is 5.20. The fourth-order valence-corrected chi connectivity index (χ4v) is 1.68. The lowest BCUT2D eigenvalue weighted by molar-refractivity contribution is 0.0967. The van der Waals surface area contributed by atoms with E-state index >= 15 is 0 Å². The highest BCUT2D eigenvalue weighted by molar-refractivity contribution is 6.34. The molecule has 0 saturated carbocycles. The van der Waals surface area contributed by atoms with Crippen LogP contribution in [0, 0.1) is 5.92 Å². The standard InChI is InChI=1S/C13H17ClO2/c1-4-16-10-5-6-12(14)11(8-10)13(15)7-9(2)3/h5-6,8-9H,4,7H2,1-3H3. The predicted octanol–water partition coefficient (Wildman–Crippen LogP) is 3.97. The zero-order valence-corrected chi connectivity index (χ0v) is 10.7. The minimum atomic E-state index is 0.0709. The first-order valence-electron chi connectivity index (χ1n) is 5.50. The summed E-state index contributed by atoms with van der Waals surface area (Å²) in [7, 11) is 0. The first-order chi connectivity index (χ1) is 7.54. The molecule has 2 nitrogen and oxygen atoms in total. The molecule has 0 heterocycles. The Bertz CT molecular complexity index is 372. The summed E-state index contributed by atoms with van der Waals surface area (Å²) in [5, 5.41) is 0.495. The van der Waals surface area contributed by atoms with Crippen LogP contribution in [0.2, 0.25) is 5.02 Å². The normalized spacial score (nSPS) is 10.6. The molecule has 0 unspecified atom stereocenters. The monoisotopic (exact) mass is 240 g/mol. The first kappa shape index (κ1) is 13.0. The van der Waals surface area contributed by atoms with Gasteiger partial charge in [-0.15, -0.1) is 0 Å². The molecule has 0 fully saturated rings. The Balaban J connectivity index is 2.93. The largest absolute Gasteiger partial charge is 0.494 e. The number of halogens is 1. The molecule has 1 aromatic carbocycles. The lowest BCUT2D eigenvalue weighted by Gasteiger charge is -2.08. The summed E-state index contributed by atoms with van der Waals surface area (Å²) in [6.07, 6.45) is 0.509. The van der Waals surface area contributed by atoms with E-state index in [0.717, 1.165) is 0 Å². The molecule has 0 N–H and O–H groups in total. The van der Waals surface area contributed by atoms with Crippen molar-refractivity contribution in [2.24, 2.45) is 5.92 Å². The van der Waals surface area contributed by atoms with Crippen molar-refractivity contribution in [3.63, 3.8) is 0 Å². The molecule has 0 aliphatic rings. The van der Waals surface area contributed by atoms with Gasteiger partial charge >= 0.3 is 0 Å². The number of hydrogen-bond donors (Lipinski definition) is 0. The molecule has 0 aromatic heterocycles. The first-order valence-corrected chi connectivity index (χ1v) is 5.88. The number of Topliss-reactive ketones (excluding diaryl/α,β-unsaturated/α-hetero) is 1. The third-order valence-corrected chi connectivity index (χ3v) is 2.47. The van der Waals surface area contributed by atoms with Crippen molar-refractivity contribution in [3.05, 3.63) is 28.8 Å². The van der Waals surface area contributed by atoms with Crippen LogP contribution < -0.4 is 4.74 Å². The smallest absolute Gasteiger partial charge is 0.164 e. The van der Waals surface area contributed by atoms with Crippen LogP contribution in [0.25, 0.3) is 0 Å². The molecular weight excluding hydrogens is 224 g/mol. The average Bonchev–Trinajstić information content (AvgIpc) is 2.20. The SMILES string of the molecule is CCOc1ccc(Cl)c(C(=O)CC(C)C)c1. The highest BCUT2D eigenvalue weighted by Gasteiger charge is 2.13. The van der Waals surface area contributed by atoms with Crippen LogP contribution in [-0.2, 0) is 0 Å². The van der Waals surface area contributed by atoms with E-state index in [0.29, 0.717) is 35.3 Å². The topological polar surface area (TPSA) is 26.3 Å². The quantitative estimate of drug-likeness (QED) is 0.728. The van der Waals surface area contributed by atoms with Crippen LogP contribution in [0.4, 0.5) is 0 Å². The number of ketones is 1. The van der Waals surface area contributed by atoms with Crippen LogP contribution in [0.1, 0.15) is 37.6 Å². The molecule has 1 rings (SSSR count). The average molecular weight is 241 g/mol. The molecule has 16 heavy (non-hydrogen) atoms. The van der Waals surface area contributed by atoms with Gasteiger partial charge in [-0.25, -0.2) is 0 Å². The maximum Gasteiger partial charge on any atom is 0.164 e. The molecular formula is C13H17ClO2. The van der Waals surface area contributed by atoms with Gasteiger partial charge in [-0.2, -0.15) is 0 Å². The third-order valence-electron chi connectivity index (χ3n) is 2.14. The third kappa shape index (κ3) is 3.53. The van der Waals surface area contributed by atoms with E-state index < -0.39 is 0 Å². The number of hydrogen-bond acceptors (Lipinski definition) is 2. The molecule has 88 valence electrons. The zero-order chi connectivity index (χ0) is 12.1. The lowest BCUT2D eigenvalue weighted by Crippen LogP contribution is -2.05. The van der Waals surface area contributed by atoms with Crippen molar-refractivity contribution in [1.29, 1.82) is 0 Å². The maximum atomic E-state index is 11.9. The second kappa shape index (κ2) is 5.90. The fourth-order valence-electron chi connectivity index (χ4n) is 1.46. The molecule has 0 radical (unpaired) electrons. The van der Waals surface area contributed by atoms with E-state index in [1.54, 1.807) is 18.2 Å². The minimum absolute atomic E-state index is 0.0709. The number of carbonyl (C=O) groups is 1. The van der Waals surface area contributed by atoms with Gasteiger partial charge in [-0.3, -0.25) is 4.79 Å². The highest BCUT2D eigenvalue weighted by Crippen LogP contribution is 2.24.